The number of hydrogen-bond donors (Lipinski definition) is 0. The van der Waals surface area contributed by atoms with Crippen LogP contribution in [0.15, 0.2) is 46.8 Å². The van der Waals surface area contributed by atoms with Gasteiger partial charge in [0.25, 0.3) is 5.69 Å². The van der Waals surface area contributed by atoms with E-state index in [1.54, 1.807) is 6.07 Å². The van der Waals surface area contributed by atoms with Gasteiger partial charge in [-0.1, -0.05) is 30.0 Å². The van der Waals surface area contributed by atoms with Gasteiger partial charge in [0, 0.05) is 23.2 Å². The highest BCUT2D eigenvalue weighted by atomic mass is 32.2. The fourth-order valence-corrected chi connectivity index (χ4v) is 5.99. The predicted octanol–water partition coefficient (Wildman–Crippen LogP) is 5.47. The molecule has 0 fully saturated rings. The van der Waals surface area contributed by atoms with Crippen LogP contribution in [0.4, 0.5) is 5.69 Å². The minimum Gasteiger partial charge on any atom is -0.283 e. The molecule has 29 heavy (non-hydrogen) atoms. The van der Waals surface area contributed by atoms with Crippen LogP contribution in [0.3, 0.4) is 0 Å². The van der Waals surface area contributed by atoms with E-state index in [4.69, 9.17) is 0 Å². The summed E-state index contributed by atoms with van der Waals surface area (Å²) in [7, 11) is 0. The highest BCUT2D eigenvalue weighted by molar-refractivity contribution is 8.01. The molecule has 2 aromatic heterocycles. The second-order valence-corrected chi connectivity index (χ2v) is 9.31. The van der Waals surface area contributed by atoms with E-state index in [9.17, 15) is 14.9 Å². The van der Waals surface area contributed by atoms with Gasteiger partial charge >= 0.3 is 0 Å². The lowest BCUT2D eigenvalue weighted by Crippen LogP contribution is -2.18. The minimum atomic E-state index is -0.407. The van der Waals surface area contributed by atoms with Crippen molar-refractivity contribution in [1.29, 1.82) is 0 Å². The number of nitro groups is 1. The largest absolute Gasteiger partial charge is 0.283 e. The predicted molar refractivity (Wildman–Crippen MR) is 116 cm³/mol. The third kappa shape index (κ3) is 3.22. The number of thiazole rings is 1. The van der Waals surface area contributed by atoms with E-state index in [1.807, 2.05) is 22.8 Å². The number of aryl methyl sites for hydroxylation is 1. The van der Waals surface area contributed by atoms with E-state index < -0.39 is 4.92 Å². The molecule has 2 aromatic carbocycles. The molecule has 1 aliphatic rings. The number of non-ortho nitro benzene ring substituents is 1. The van der Waals surface area contributed by atoms with E-state index in [1.165, 1.54) is 52.6 Å². The van der Waals surface area contributed by atoms with Crippen LogP contribution in [-0.2, 0) is 12.8 Å². The van der Waals surface area contributed by atoms with Crippen molar-refractivity contribution in [3.8, 4) is 0 Å². The number of rotatable bonds is 4. The third-order valence-electron chi connectivity index (χ3n) is 5.31. The molecule has 1 aliphatic carbocycles. The summed E-state index contributed by atoms with van der Waals surface area (Å²) in [5.41, 5.74) is 4.24. The molecule has 5 rings (SSSR count). The Labute approximate surface area is 174 Å². The van der Waals surface area contributed by atoms with Crippen LogP contribution < -0.4 is 0 Å². The van der Waals surface area contributed by atoms with Gasteiger partial charge in [-0.3, -0.25) is 19.5 Å². The number of thioether (sulfide) groups is 1. The van der Waals surface area contributed by atoms with Crippen molar-refractivity contribution in [2.75, 3.05) is 5.75 Å². The molecule has 0 aliphatic heterocycles. The van der Waals surface area contributed by atoms with Gasteiger partial charge in [0.15, 0.2) is 4.34 Å². The lowest BCUT2D eigenvalue weighted by Gasteiger charge is -2.14. The average molecular weight is 424 g/mol. The summed E-state index contributed by atoms with van der Waals surface area (Å²) in [5, 5.41) is 12.1. The van der Waals surface area contributed by atoms with Gasteiger partial charge < -0.3 is 0 Å². The number of fused-ring (bicyclic) bond motifs is 4. The summed E-state index contributed by atoms with van der Waals surface area (Å²) in [5.74, 6) is 0.340. The number of para-hydroxylation sites is 1. The van der Waals surface area contributed by atoms with Gasteiger partial charge in [-0.2, -0.15) is 0 Å². The molecule has 2 heterocycles. The first-order valence-corrected chi connectivity index (χ1v) is 11.2. The Morgan fingerprint density at radius 3 is 2.90 bits per heavy atom. The molecule has 0 saturated carbocycles. The third-order valence-corrected chi connectivity index (χ3v) is 7.46. The summed E-state index contributed by atoms with van der Waals surface area (Å²) in [6, 6.07) is 12.8. The Bertz CT molecular complexity index is 1280. The molecule has 0 amide bonds. The molecule has 0 radical (unpaired) electrons. The van der Waals surface area contributed by atoms with E-state index in [0.717, 1.165) is 45.0 Å². The smallest absolute Gasteiger partial charge is 0.270 e. The number of benzene rings is 2. The molecule has 6 nitrogen and oxygen atoms in total. The van der Waals surface area contributed by atoms with Crippen LogP contribution in [0.2, 0.25) is 0 Å². The zero-order chi connectivity index (χ0) is 20.0. The van der Waals surface area contributed by atoms with Gasteiger partial charge in [-0.25, -0.2) is 4.98 Å². The molecular weight excluding hydrogens is 406 g/mol. The standard InChI is InChI=1S/C21H17N3O3S2/c25-20(12-28-21-22-16-10-9-13(24(26)27)11-19(16)29-21)23-17-7-3-1-5-14(17)15-6-2-4-8-18(15)23/h1,3,5,7,9-11H,2,4,6,8,12H2. The highest BCUT2D eigenvalue weighted by Gasteiger charge is 2.23. The number of nitrogens with zero attached hydrogens (tertiary/aromatic N) is 3. The Hall–Kier alpha value is -2.71. The first kappa shape index (κ1) is 18.3. The maximum absolute atomic E-state index is 13.2. The van der Waals surface area contributed by atoms with Crippen LogP contribution in [0, 0.1) is 10.1 Å². The van der Waals surface area contributed by atoms with Gasteiger partial charge in [-0.05, 0) is 43.4 Å². The van der Waals surface area contributed by atoms with E-state index >= 15 is 0 Å². The average Bonchev–Trinajstić information content (AvgIpc) is 3.30. The molecule has 0 bridgehead atoms. The zero-order valence-corrected chi connectivity index (χ0v) is 17.1. The quantitative estimate of drug-likeness (QED) is 0.247. The molecule has 0 unspecified atom stereocenters. The number of carbonyl (C=O) groups is 1. The number of carbonyl (C=O) groups excluding carboxylic acids is 1. The lowest BCUT2D eigenvalue weighted by molar-refractivity contribution is -0.384. The van der Waals surface area contributed by atoms with Gasteiger partial charge in [0.05, 0.1) is 26.4 Å². The van der Waals surface area contributed by atoms with E-state index in [2.05, 4.69) is 11.1 Å². The van der Waals surface area contributed by atoms with Gasteiger partial charge in [0.1, 0.15) is 0 Å². The number of nitro benzene ring substituents is 1. The second-order valence-electron chi connectivity index (χ2n) is 7.06. The van der Waals surface area contributed by atoms with E-state index in [-0.39, 0.29) is 17.3 Å². The Morgan fingerprint density at radius 1 is 1.21 bits per heavy atom. The summed E-state index contributed by atoms with van der Waals surface area (Å²) < 4.78 is 3.41. The lowest BCUT2D eigenvalue weighted by atomic mass is 9.96. The zero-order valence-electron chi connectivity index (χ0n) is 15.5. The maximum Gasteiger partial charge on any atom is 0.270 e. The fourth-order valence-electron chi connectivity index (χ4n) is 4.04. The first-order chi connectivity index (χ1) is 14.1. The van der Waals surface area contributed by atoms with Crippen molar-refractivity contribution < 1.29 is 9.72 Å². The number of aromatic nitrogens is 2. The normalized spacial score (nSPS) is 13.7. The molecule has 146 valence electrons. The van der Waals surface area contributed by atoms with Crippen molar-refractivity contribution in [2.45, 2.75) is 30.0 Å². The first-order valence-electron chi connectivity index (χ1n) is 9.44. The van der Waals surface area contributed by atoms with Gasteiger partial charge in [-0.15, -0.1) is 11.3 Å². The topological polar surface area (TPSA) is 78.0 Å². The van der Waals surface area contributed by atoms with Crippen molar-refractivity contribution in [3.63, 3.8) is 0 Å². The second kappa shape index (κ2) is 7.27. The van der Waals surface area contributed by atoms with Crippen LogP contribution in [-0.4, -0.2) is 26.1 Å². The maximum atomic E-state index is 13.2. The Kier molecular flexibility index (Phi) is 4.60. The van der Waals surface area contributed by atoms with Crippen molar-refractivity contribution in [3.05, 3.63) is 63.8 Å². The molecule has 0 atom stereocenters. The summed E-state index contributed by atoms with van der Waals surface area (Å²) in [4.78, 5) is 28.2. The monoisotopic (exact) mass is 423 g/mol. The molecule has 4 aromatic rings. The van der Waals surface area contributed by atoms with Crippen molar-refractivity contribution in [1.82, 2.24) is 9.55 Å². The SMILES string of the molecule is O=C(CSc1nc2ccc([N+](=O)[O-])cc2s1)n1c2c(c3ccccc31)CCCC2. The van der Waals surface area contributed by atoms with Crippen LogP contribution >= 0.6 is 23.1 Å². The summed E-state index contributed by atoms with van der Waals surface area (Å²) in [6.45, 7) is 0. The van der Waals surface area contributed by atoms with Crippen molar-refractivity contribution in [2.24, 2.45) is 0 Å². The van der Waals surface area contributed by atoms with Crippen molar-refractivity contribution >= 4 is 55.8 Å². The Morgan fingerprint density at radius 2 is 2.03 bits per heavy atom. The van der Waals surface area contributed by atoms with Crippen LogP contribution in [0.5, 0.6) is 0 Å². The molecule has 0 N–H and O–H groups in total. The molecular formula is C21H17N3O3S2. The molecule has 0 spiro atoms. The fraction of sp³-hybridized carbons (Fsp3) is 0.238. The number of hydrogen-bond acceptors (Lipinski definition) is 6. The summed E-state index contributed by atoms with van der Waals surface area (Å²) >= 11 is 2.78. The van der Waals surface area contributed by atoms with Crippen LogP contribution in [0.1, 0.15) is 28.9 Å². The molecule has 8 heteroatoms. The Balaban J connectivity index is 1.43. The summed E-state index contributed by atoms with van der Waals surface area (Å²) in [6.07, 6.45) is 4.24. The highest BCUT2D eigenvalue weighted by Crippen LogP contribution is 2.34. The minimum absolute atomic E-state index is 0.0548. The van der Waals surface area contributed by atoms with Gasteiger partial charge in [0.2, 0.25) is 5.91 Å². The molecule has 0 saturated heterocycles. The van der Waals surface area contributed by atoms with E-state index in [0.29, 0.717) is 0 Å². The van der Waals surface area contributed by atoms with Crippen LogP contribution in [0.25, 0.3) is 21.1 Å².